The molecule has 13 rings (SSSR count). The van der Waals surface area contributed by atoms with Gasteiger partial charge in [-0.05, 0) is 138 Å². The number of hydrogen-bond acceptors (Lipinski definition) is 46. The SMILES string of the molecule is C=CC(C)(O)CC/C=C(\CO)C(=O)O[C@H]1[C@H](O)[C@@H](O)[C@H](OC(C)(C=C)CC/C=C(/CO)C(=O)OC2CC3(C(=O)O[C@@H]4O[C@H](CO)[C@@H](O)[C@H](O)[C@H]4O[C@@H]4O[C@@H](C)[C@H](O[C@@H]5O[C@H](CO)[C@H](O)[C@H]5O)[C@@H](O[C@@H]5O[C@H](CO)[C@@H](O)[C@H](O)[C@H]5O)[C@H]4O)C(O)CC4(C)C(=CCC5C6(C)CCC(O[C@@H]7O[C@H](CO[C@@H]8OC[C@@H](O)[C@H](O)[C@H]8O[C@@H]8OC[C@@H](O)[C@H](O)[C@H]8O)[C@@H](O)[C@H](O)[C@H]7O)C(C)(C)C6CCC54C)C3CC2(C)C)O[C@@H]1C. The van der Waals surface area contributed by atoms with E-state index in [0.29, 0.717) is 37.7 Å². The molecule has 8 saturated heterocycles. The smallest absolute Gasteiger partial charge is 0.336 e. The molecule has 0 amide bonds. The highest BCUT2D eigenvalue weighted by atomic mass is 16.8. The zero-order chi connectivity index (χ0) is 104. The molecule has 0 spiro atoms. The predicted molar refractivity (Wildman–Crippen MR) is 473 cm³/mol. The molecular weight excluding hydrogens is 1880 g/mol. The highest BCUT2D eigenvalue weighted by molar-refractivity contribution is 5.89. The highest BCUT2D eigenvalue weighted by Crippen LogP contribution is 2.76. The van der Waals surface area contributed by atoms with Gasteiger partial charge in [-0.2, -0.15) is 0 Å². The first-order chi connectivity index (χ1) is 66.1. The summed E-state index contributed by atoms with van der Waals surface area (Å²) in [6, 6.07) is 0. The Morgan fingerprint density at radius 3 is 1.52 bits per heavy atom. The fourth-order valence-corrected chi connectivity index (χ4v) is 24.0. The van der Waals surface area contributed by atoms with Crippen molar-refractivity contribution in [1.82, 2.24) is 0 Å². The molecule has 12 fully saturated rings. The molecule has 8 heterocycles. The molecule has 12 unspecified atom stereocenters. The molecule has 46 nitrogen and oxygen atoms in total. The predicted octanol–water partition coefficient (Wildman–Crippen LogP) is -6.45. The van der Waals surface area contributed by atoms with E-state index in [2.05, 4.69) is 33.1 Å². The number of carbonyl (C=O) groups is 3. The van der Waals surface area contributed by atoms with Crippen molar-refractivity contribution in [3.8, 4) is 0 Å². The first kappa shape index (κ1) is 114. The molecule has 46 heteroatoms. The van der Waals surface area contributed by atoms with Gasteiger partial charge >= 0.3 is 17.9 Å². The minimum Gasteiger partial charge on any atom is -0.458 e. The lowest BCUT2D eigenvalue weighted by Crippen LogP contribution is -2.70. The van der Waals surface area contributed by atoms with Gasteiger partial charge in [0, 0.05) is 11.8 Å². The van der Waals surface area contributed by atoms with Crippen molar-refractivity contribution < 1.29 is 227 Å². The van der Waals surface area contributed by atoms with E-state index in [1.165, 1.54) is 45.1 Å². The van der Waals surface area contributed by atoms with Gasteiger partial charge in [-0.15, -0.1) is 13.2 Å². The second-order valence-corrected chi connectivity index (χ2v) is 43.0. The molecule has 49 atom stereocenters. The number of fused-ring (bicyclic) bond motifs is 7. The standard InChI is InChI=1S/C95H150O46/c1-14-90(9,123)24-16-18-42(32-97)78(121)135-72-39(3)128-84(70(118)65(72)113)141-91(10,15-2)25-17-19-41(31-96)77(120)133-55-30-95(87(122)140-86-76(64(112)59(107)48(34-99)131-86)139-83-71(119)74(137-82-69(117)62(110)58(106)47(33-98)129-82)73(40(4)127-83)136-81-67(115)60(108)49(35-100)130-81)44(28-88(55,5)6)43-20-21-52-92(11)26-23-54(89(7,8)51(92)22-27-93(52,12)94(43,13)29-53(95)103)134-80-68(116)63(111)61(109)50(132-80)38-126-85-75(57(105)46(102)37-125-85)138-79-66(114)56(104)45(101)36-124-79/h14-15,18-20,39-40,44-76,79-86,96-119,123H,1-2,16-17,21-38H2,3-13H3/b41-19-,42-18+/t39-,40+,44?,45-,46-,47-,48-,49-,50-,51?,52?,53?,54?,55?,56+,57+,58-,59-,60+,61-,62+,63+,64+,65-,66-,67-,68-,69-,70-,71-,72-,73+,74+,75-,76-,79+,80+,81+,82+,83+,84+,85+,86+,90?,91?,92?,93?,94?,95?/m1/s1. The molecule has 0 aromatic heterocycles. The van der Waals surface area contributed by atoms with Gasteiger partial charge in [-0.25, -0.2) is 9.59 Å². The van der Waals surface area contributed by atoms with E-state index in [4.69, 9.17) is 85.3 Å². The van der Waals surface area contributed by atoms with E-state index in [1.807, 2.05) is 20.8 Å². The summed E-state index contributed by atoms with van der Waals surface area (Å²) in [5.41, 5.74) is -9.05. The van der Waals surface area contributed by atoms with Gasteiger partial charge in [0.1, 0.15) is 164 Å². The summed E-state index contributed by atoms with van der Waals surface area (Å²) in [5, 5.41) is 279. The van der Waals surface area contributed by atoms with Crippen molar-refractivity contribution in [2.24, 2.45) is 50.2 Å². The molecule has 141 heavy (non-hydrogen) atoms. The fraction of sp³-hybridized carbons (Fsp3) is 0.863. The van der Waals surface area contributed by atoms with Gasteiger partial charge in [-0.3, -0.25) is 4.79 Å². The van der Waals surface area contributed by atoms with Crippen LogP contribution in [-0.2, 0) is 99.6 Å². The van der Waals surface area contributed by atoms with Crippen LogP contribution in [0.3, 0.4) is 0 Å². The largest absolute Gasteiger partial charge is 0.458 e. The summed E-state index contributed by atoms with van der Waals surface area (Å²) >= 11 is 0. The van der Waals surface area contributed by atoms with E-state index >= 15 is 9.59 Å². The van der Waals surface area contributed by atoms with Crippen LogP contribution in [0.1, 0.15) is 153 Å². The molecular formula is C95H150O46. The Balaban J connectivity index is 0.776. The molecule has 806 valence electrons. The van der Waals surface area contributed by atoms with Crippen molar-refractivity contribution in [3.05, 3.63) is 60.3 Å². The average molecular weight is 2030 g/mol. The third-order valence-electron chi connectivity index (χ3n) is 33.2. The molecule has 5 aliphatic carbocycles. The van der Waals surface area contributed by atoms with E-state index in [1.54, 1.807) is 20.8 Å². The second-order valence-electron chi connectivity index (χ2n) is 43.0. The zero-order valence-corrected chi connectivity index (χ0v) is 81.0. The topological polar surface area (TPSA) is 723 Å². The van der Waals surface area contributed by atoms with Crippen molar-refractivity contribution >= 4 is 17.9 Å². The summed E-state index contributed by atoms with van der Waals surface area (Å²) in [6.07, 6.45) is -61.2. The fourth-order valence-electron chi connectivity index (χ4n) is 24.0. The van der Waals surface area contributed by atoms with Gasteiger partial charge in [0.25, 0.3) is 0 Å². The zero-order valence-electron chi connectivity index (χ0n) is 81.0. The summed E-state index contributed by atoms with van der Waals surface area (Å²) in [7, 11) is 0. The van der Waals surface area contributed by atoms with E-state index < -0.39 is 372 Å². The maximum absolute atomic E-state index is 16.8. The van der Waals surface area contributed by atoms with E-state index in [0.717, 1.165) is 0 Å². The number of aliphatic hydroxyl groups is 25. The minimum absolute atomic E-state index is 0.0532. The maximum atomic E-state index is 16.8. The van der Waals surface area contributed by atoms with Crippen LogP contribution in [0.2, 0.25) is 0 Å². The monoisotopic (exact) mass is 2030 g/mol. The summed E-state index contributed by atoms with van der Waals surface area (Å²) in [6.45, 7) is 21.3. The Morgan fingerprint density at radius 1 is 0.454 bits per heavy atom. The first-order valence-corrected chi connectivity index (χ1v) is 48.6. The lowest BCUT2D eigenvalue weighted by atomic mass is 9.33. The third-order valence-corrected chi connectivity index (χ3v) is 33.2. The van der Waals surface area contributed by atoms with Crippen molar-refractivity contribution in [3.63, 3.8) is 0 Å². The Kier molecular flexibility index (Phi) is 36.2. The molecule has 25 N–H and O–H groups in total. The lowest BCUT2D eigenvalue weighted by molar-refractivity contribution is -0.390. The molecule has 4 saturated carbocycles. The van der Waals surface area contributed by atoms with Gasteiger partial charge in [0.05, 0.1) is 99.6 Å². The van der Waals surface area contributed by atoms with Crippen LogP contribution in [0.5, 0.6) is 0 Å². The number of carbonyl (C=O) groups excluding carboxylic acids is 3. The van der Waals surface area contributed by atoms with Crippen LogP contribution in [0.4, 0.5) is 0 Å². The quantitative estimate of drug-likeness (QED) is 0.00937. The van der Waals surface area contributed by atoms with E-state index in [9.17, 15) is 132 Å². The minimum atomic E-state index is -2.29. The Labute approximate surface area is 815 Å². The molecule has 0 bridgehead atoms. The second kappa shape index (κ2) is 45.0. The first-order valence-electron chi connectivity index (χ1n) is 48.6. The van der Waals surface area contributed by atoms with Crippen LogP contribution in [0.15, 0.2) is 60.3 Å². The molecule has 0 aromatic carbocycles. The number of hydrogen-bond donors (Lipinski definition) is 25. The normalized spacial score (nSPS) is 48.2. The van der Waals surface area contributed by atoms with Gasteiger partial charge < -0.3 is 213 Å². The number of aliphatic hydroxyl groups excluding tert-OH is 24. The van der Waals surface area contributed by atoms with Gasteiger partial charge in [0.2, 0.25) is 6.29 Å². The summed E-state index contributed by atoms with van der Waals surface area (Å²) in [4.78, 5) is 45.2. The number of allylic oxidation sites excluding steroid dienone is 4. The summed E-state index contributed by atoms with van der Waals surface area (Å²) < 4.78 is 109. The summed E-state index contributed by atoms with van der Waals surface area (Å²) in [5.74, 6) is -4.82. The van der Waals surface area contributed by atoms with Gasteiger partial charge in [0.15, 0.2) is 56.2 Å². The Hall–Kier alpha value is -4.49. The van der Waals surface area contributed by atoms with Crippen molar-refractivity contribution in [2.75, 3.05) is 52.9 Å². The van der Waals surface area contributed by atoms with Gasteiger partial charge in [-0.1, -0.05) is 84.4 Å². The van der Waals surface area contributed by atoms with Crippen LogP contribution in [-0.4, -0.2) is 455 Å². The average Bonchev–Trinajstić information content (AvgIpc) is 0.729. The molecule has 13 aliphatic rings. The lowest BCUT2D eigenvalue weighted by Gasteiger charge is -2.72. The van der Waals surface area contributed by atoms with Crippen LogP contribution >= 0.6 is 0 Å². The highest BCUT2D eigenvalue weighted by Gasteiger charge is 2.74. The third kappa shape index (κ3) is 22.1. The maximum Gasteiger partial charge on any atom is 0.336 e. The molecule has 8 aliphatic heterocycles. The van der Waals surface area contributed by atoms with Crippen LogP contribution in [0, 0.1) is 50.2 Å². The number of rotatable bonds is 34. The van der Waals surface area contributed by atoms with Crippen LogP contribution in [0.25, 0.3) is 0 Å². The molecule has 0 radical (unpaired) electrons. The van der Waals surface area contributed by atoms with E-state index in [-0.39, 0.29) is 61.5 Å². The van der Waals surface area contributed by atoms with Crippen molar-refractivity contribution in [1.29, 1.82) is 0 Å². The van der Waals surface area contributed by atoms with Crippen LogP contribution < -0.4 is 0 Å². The Morgan fingerprint density at radius 2 is 0.929 bits per heavy atom. The van der Waals surface area contributed by atoms with Crippen molar-refractivity contribution in [2.45, 2.75) is 410 Å². The number of ether oxygens (including phenoxy) is 18. The number of esters is 3. The Bertz CT molecular complexity index is 4310. The molecule has 0 aromatic rings.